The van der Waals surface area contributed by atoms with Crippen molar-refractivity contribution in [2.75, 3.05) is 12.0 Å². The van der Waals surface area contributed by atoms with E-state index in [9.17, 15) is 24.0 Å². The van der Waals surface area contributed by atoms with E-state index >= 15 is 0 Å². The third kappa shape index (κ3) is 4.01. The number of Topliss-reactive ketones (excluding diaryl/α,β-unsaturated/α-hetero) is 1. The zero-order valence-electron chi connectivity index (χ0n) is 19.5. The van der Waals surface area contributed by atoms with Gasteiger partial charge in [-0.3, -0.25) is 14.4 Å². The van der Waals surface area contributed by atoms with Crippen molar-refractivity contribution in [3.63, 3.8) is 0 Å². The van der Waals surface area contributed by atoms with Crippen LogP contribution in [0.5, 0.6) is 0 Å². The average Bonchev–Trinajstić information content (AvgIpc) is 3.30. The molecule has 35 heavy (non-hydrogen) atoms. The van der Waals surface area contributed by atoms with Crippen molar-refractivity contribution in [2.45, 2.75) is 26.9 Å². The Morgan fingerprint density at radius 1 is 0.914 bits per heavy atom. The maximum Gasteiger partial charge on any atom is 0.339 e. The molecule has 1 atom stereocenters. The van der Waals surface area contributed by atoms with Gasteiger partial charge in [-0.05, 0) is 56.7 Å². The SMILES string of the molecule is COC(=O)c1c(C)[nH]c(C(=O)C(C)OC(=O)c2cccc(N3C(=O)c4ccccc4C3=O)c2)c1C. The number of fused-ring (bicyclic) bond motifs is 1. The summed E-state index contributed by atoms with van der Waals surface area (Å²) in [7, 11) is 1.25. The van der Waals surface area contributed by atoms with E-state index < -0.39 is 35.6 Å². The second kappa shape index (κ2) is 9.02. The Hall–Kier alpha value is -4.53. The fraction of sp³-hybridized carbons (Fsp3) is 0.192. The Labute approximate surface area is 200 Å². The van der Waals surface area contributed by atoms with Gasteiger partial charge in [-0.2, -0.15) is 0 Å². The van der Waals surface area contributed by atoms with Crippen LogP contribution in [0.2, 0.25) is 0 Å². The van der Waals surface area contributed by atoms with Crippen molar-refractivity contribution < 1.29 is 33.4 Å². The largest absolute Gasteiger partial charge is 0.465 e. The molecule has 2 heterocycles. The molecule has 0 aliphatic carbocycles. The number of carbonyl (C=O) groups is 5. The van der Waals surface area contributed by atoms with Crippen LogP contribution in [0.1, 0.15) is 70.1 Å². The van der Waals surface area contributed by atoms with Gasteiger partial charge in [0.1, 0.15) is 0 Å². The van der Waals surface area contributed by atoms with Gasteiger partial charge in [-0.25, -0.2) is 14.5 Å². The van der Waals surface area contributed by atoms with Crippen LogP contribution in [0.4, 0.5) is 5.69 Å². The van der Waals surface area contributed by atoms with Crippen molar-refractivity contribution in [1.82, 2.24) is 4.98 Å². The van der Waals surface area contributed by atoms with Crippen LogP contribution in [-0.4, -0.2) is 47.7 Å². The Morgan fingerprint density at radius 2 is 1.54 bits per heavy atom. The highest BCUT2D eigenvalue weighted by molar-refractivity contribution is 6.34. The minimum Gasteiger partial charge on any atom is -0.465 e. The van der Waals surface area contributed by atoms with Gasteiger partial charge >= 0.3 is 11.9 Å². The number of ketones is 1. The van der Waals surface area contributed by atoms with Crippen molar-refractivity contribution in [1.29, 1.82) is 0 Å². The van der Waals surface area contributed by atoms with Gasteiger partial charge in [0.05, 0.1) is 40.7 Å². The van der Waals surface area contributed by atoms with E-state index in [-0.39, 0.29) is 33.6 Å². The highest BCUT2D eigenvalue weighted by Crippen LogP contribution is 2.29. The van der Waals surface area contributed by atoms with E-state index in [2.05, 4.69) is 4.98 Å². The molecule has 178 valence electrons. The van der Waals surface area contributed by atoms with Crippen LogP contribution in [0.25, 0.3) is 0 Å². The number of methoxy groups -OCH3 is 1. The number of aromatic nitrogens is 1. The molecule has 1 aliphatic rings. The standard InChI is InChI=1S/C26H22N2O7/c1-13-20(26(33)34-4)14(2)27-21(13)22(29)15(3)35-25(32)16-8-7-9-17(12-16)28-23(30)18-10-5-6-11-19(18)24(28)31/h5-12,15,27H,1-4H3. The summed E-state index contributed by atoms with van der Waals surface area (Å²) >= 11 is 0. The molecule has 0 fully saturated rings. The smallest absolute Gasteiger partial charge is 0.339 e. The molecule has 4 rings (SSSR count). The summed E-state index contributed by atoms with van der Waals surface area (Å²) in [5.41, 5.74) is 2.10. The van der Waals surface area contributed by atoms with Gasteiger partial charge < -0.3 is 14.5 Å². The monoisotopic (exact) mass is 474 g/mol. The number of nitrogens with one attached hydrogen (secondary N) is 1. The number of anilines is 1. The van der Waals surface area contributed by atoms with Crippen molar-refractivity contribution >= 4 is 35.2 Å². The van der Waals surface area contributed by atoms with E-state index in [1.807, 2.05) is 0 Å². The maximum atomic E-state index is 12.9. The molecule has 3 aromatic rings. The molecular weight excluding hydrogens is 452 g/mol. The summed E-state index contributed by atoms with van der Waals surface area (Å²) in [5.74, 6) is -2.88. The van der Waals surface area contributed by atoms with Crippen molar-refractivity contribution in [2.24, 2.45) is 0 Å². The predicted molar refractivity (Wildman–Crippen MR) is 125 cm³/mol. The highest BCUT2D eigenvalue weighted by Gasteiger charge is 2.36. The third-order valence-electron chi connectivity index (χ3n) is 5.86. The first kappa shape index (κ1) is 23.6. The first-order valence-corrected chi connectivity index (χ1v) is 10.8. The molecule has 1 aliphatic heterocycles. The van der Waals surface area contributed by atoms with Gasteiger partial charge in [0.15, 0.2) is 6.10 Å². The fourth-order valence-electron chi connectivity index (χ4n) is 4.09. The van der Waals surface area contributed by atoms with Crippen LogP contribution in [0.15, 0.2) is 48.5 Å². The maximum absolute atomic E-state index is 12.9. The fourth-order valence-corrected chi connectivity index (χ4v) is 4.09. The number of imide groups is 1. The van der Waals surface area contributed by atoms with Gasteiger partial charge in [0.2, 0.25) is 5.78 Å². The van der Waals surface area contributed by atoms with Crippen LogP contribution >= 0.6 is 0 Å². The van der Waals surface area contributed by atoms with Crippen LogP contribution in [-0.2, 0) is 9.47 Å². The number of benzene rings is 2. The first-order valence-electron chi connectivity index (χ1n) is 10.8. The van der Waals surface area contributed by atoms with Crippen molar-refractivity contribution in [3.05, 3.63) is 87.7 Å². The predicted octanol–water partition coefficient (Wildman–Crippen LogP) is 3.65. The summed E-state index contributed by atoms with van der Waals surface area (Å²) in [4.78, 5) is 67.1. The Bertz CT molecular complexity index is 1370. The summed E-state index contributed by atoms with van der Waals surface area (Å²) in [6.45, 7) is 4.65. The van der Waals surface area contributed by atoms with Crippen molar-refractivity contribution in [3.8, 4) is 0 Å². The normalized spacial score (nSPS) is 13.4. The van der Waals surface area contributed by atoms with Crippen LogP contribution in [0.3, 0.4) is 0 Å². The Kier molecular flexibility index (Phi) is 6.09. The minimum absolute atomic E-state index is 0.0633. The summed E-state index contributed by atoms with van der Waals surface area (Å²) < 4.78 is 10.1. The molecule has 2 amide bonds. The Morgan fingerprint density at radius 3 is 2.14 bits per heavy atom. The molecule has 1 unspecified atom stereocenters. The second-order valence-corrected chi connectivity index (χ2v) is 8.07. The topological polar surface area (TPSA) is 123 Å². The lowest BCUT2D eigenvalue weighted by molar-refractivity contribution is 0.0316. The molecule has 2 aromatic carbocycles. The molecular formula is C26H22N2O7. The number of nitrogens with zero attached hydrogens (tertiary/aromatic N) is 1. The summed E-state index contributed by atoms with van der Waals surface area (Å²) in [5, 5.41) is 0. The van der Waals surface area contributed by atoms with Crippen LogP contribution in [0, 0.1) is 13.8 Å². The third-order valence-corrected chi connectivity index (χ3v) is 5.86. The number of aromatic amines is 1. The zero-order chi connectivity index (χ0) is 25.4. The molecule has 9 heteroatoms. The van der Waals surface area contributed by atoms with Gasteiger partial charge in [0.25, 0.3) is 11.8 Å². The number of ether oxygens (including phenoxy) is 2. The quantitative estimate of drug-likeness (QED) is 0.329. The molecule has 1 aromatic heterocycles. The zero-order valence-corrected chi connectivity index (χ0v) is 19.5. The molecule has 9 nitrogen and oxygen atoms in total. The van der Waals surface area contributed by atoms with E-state index in [1.54, 1.807) is 38.1 Å². The molecule has 0 spiro atoms. The number of aryl methyl sites for hydroxylation is 1. The number of hydrogen-bond acceptors (Lipinski definition) is 7. The average molecular weight is 474 g/mol. The van der Waals surface area contributed by atoms with Gasteiger partial charge in [0, 0.05) is 5.69 Å². The first-order chi connectivity index (χ1) is 16.6. The highest BCUT2D eigenvalue weighted by atomic mass is 16.5. The van der Waals surface area contributed by atoms with Crippen LogP contribution < -0.4 is 4.90 Å². The summed E-state index contributed by atoms with van der Waals surface area (Å²) in [6, 6.07) is 12.3. The second-order valence-electron chi connectivity index (χ2n) is 8.07. The summed E-state index contributed by atoms with van der Waals surface area (Å²) in [6.07, 6.45) is -1.17. The molecule has 0 bridgehead atoms. The van der Waals surface area contributed by atoms with E-state index in [4.69, 9.17) is 9.47 Å². The number of H-pyrrole nitrogens is 1. The van der Waals surface area contributed by atoms with Gasteiger partial charge in [-0.15, -0.1) is 0 Å². The molecule has 0 radical (unpaired) electrons. The number of carbonyl (C=O) groups excluding carboxylic acids is 5. The van der Waals surface area contributed by atoms with E-state index in [0.29, 0.717) is 11.3 Å². The number of hydrogen-bond donors (Lipinski definition) is 1. The number of amides is 2. The van der Waals surface area contributed by atoms with E-state index in [0.717, 1.165) is 4.90 Å². The van der Waals surface area contributed by atoms with Gasteiger partial charge in [-0.1, -0.05) is 18.2 Å². The Balaban J connectivity index is 1.53. The minimum atomic E-state index is -1.17. The lowest BCUT2D eigenvalue weighted by Gasteiger charge is -2.16. The lowest BCUT2D eigenvalue weighted by Crippen LogP contribution is -2.29. The molecule has 1 N–H and O–H groups in total. The number of esters is 2. The molecule has 0 saturated carbocycles. The number of rotatable bonds is 6. The molecule has 0 saturated heterocycles. The van der Waals surface area contributed by atoms with E-state index in [1.165, 1.54) is 38.3 Å². The lowest BCUT2D eigenvalue weighted by atomic mass is 10.1.